The smallest absolute Gasteiger partial charge is 0.423 e. The van der Waals surface area contributed by atoms with E-state index in [4.69, 9.17) is 10.0 Å². The van der Waals surface area contributed by atoms with Crippen molar-refractivity contribution in [3.05, 3.63) is 42.2 Å². The first-order valence-corrected chi connectivity index (χ1v) is 6.20. The van der Waals surface area contributed by atoms with Crippen molar-refractivity contribution < 1.29 is 10.0 Å². The maximum atomic E-state index is 8.97. The summed E-state index contributed by atoms with van der Waals surface area (Å²) in [6, 6.07) is 7.23. The molecule has 2 rings (SSSR count). The molecule has 0 aliphatic carbocycles. The number of hydrogen-bond acceptors (Lipinski definition) is 4. The molecule has 0 aliphatic heterocycles. The standard InChI is InChI=1S/C11H13BN2O2S/c1-14-7-6-13-11(14)17-8-9-2-4-10(5-3-9)12(15)16/h2-7,15-16H,8H2,1H3. The number of aryl methyl sites for hydroxylation is 1. The minimum absolute atomic E-state index is 0.510. The fourth-order valence-corrected chi connectivity index (χ4v) is 2.31. The largest absolute Gasteiger partial charge is 0.488 e. The third kappa shape index (κ3) is 3.12. The van der Waals surface area contributed by atoms with Crippen LogP contribution in [0.15, 0.2) is 41.8 Å². The van der Waals surface area contributed by atoms with E-state index in [1.807, 2.05) is 29.9 Å². The Labute approximate surface area is 104 Å². The van der Waals surface area contributed by atoms with Gasteiger partial charge in [-0.2, -0.15) is 0 Å². The monoisotopic (exact) mass is 248 g/mol. The average Bonchev–Trinajstić information content (AvgIpc) is 2.73. The van der Waals surface area contributed by atoms with Crippen LogP contribution in [0.3, 0.4) is 0 Å². The van der Waals surface area contributed by atoms with Crippen LogP contribution in [0.25, 0.3) is 0 Å². The Hall–Kier alpha value is -1.24. The lowest BCUT2D eigenvalue weighted by molar-refractivity contribution is 0.426. The Morgan fingerprint density at radius 3 is 2.53 bits per heavy atom. The lowest BCUT2D eigenvalue weighted by Gasteiger charge is -2.03. The number of imidazole rings is 1. The molecule has 0 unspecified atom stereocenters. The van der Waals surface area contributed by atoms with Crippen LogP contribution < -0.4 is 5.46 Å². The van der Waals surface area contributed by atoms with Crippen LogP contribution in [0, 0.1) is 0 Å². The van der Waals surface area contributed by atoms with Gasteiger partial charge in [0.25, 0.3) is 0 Å². The SMILES string of the molecule is Cn1ccnc1SCc1ccc(B(O)O)cc1. The molecule has 88 valence electrons. The molecule has 0 fully saturated rings. The van der Waals surface area contributed by atoms with Crippen molar-refractivity contribution in [3.8, 4) is 0 Å². The van der Waals surface area contributed by atoms with E-state index in [1.165, 1.54) is 0 Å². The predicted molar refractivity (Wildman–Crippen MR) is 69.0 cm³/mol. The van der Waals surface area contributed by atoms with Crippen molar-refractivity contribution >= 4 is 24.3 Å². The van der Waals surface area contributed by atoms with E-state index in [0.717, 1.165) is 16.5 Å². The van der Waals surface area contributed by atoms with Gasteiger partial charge < -0.3 is 14.6 Å². The van der Waals surface area contributed by atoms with E-state index in [0.29, 0.717) is 5.46 Å². The van der Waals surface area contributed by atoms with Gasteiger partial charge in [-0.1, -0.05) is 36.0 Å². The summed E-state index contributed by atoms with van der Waals surface area (Å²) >= 11 is 1.65. The van der Waals surface area contributed by atoms with Gasteiger partial charge in [0.2, 0.25) is 0 Å². The summed E-state index contributed by atoms with van der Waals surface area (Å²) in [4.78, 5) is 4.22. The van der Waals surface area contributed by atoms with Gasteiger partial charge in [0.1, 0.15) is 0 Å². The quantitative estimate of drug-likeness (QED) is 0.607. The molecule has 0 radical (unpaired) electrons. The van der Waals surface area contributed by atoms with E-state index >= 15 is 0 Å². The van der Waals surface area contributed by atoms with Gasteiger partial charge in [-0.05, 0) is 11.0 Å². The van der Waals surface area contributed by atoms with Gasteiger partial charge in [-0.25, -0.2) is 4.98 Å². The van der Waals surface area contributed by atoms with Crippen LogP contribution in [0.5, 0.6) is 0 Å². The maximum Gasteiger partial charge on any atom is 0.488 e. The van der Waals surface area contributed by atoms with E-state index in [-0.39, 0.29) is 0 Å². The zero-order chi connectivity index (χ0) is 12.3. The third-order valence-electron chi connectivity index (χ3n) is 2.42. The second kappa shape index (κ2) is 5.40. The number of nitrogens with zero attached hydrogens (tertiary/aromatic N) is 2. The summed E-state index contributed by atoms with van der Waals surface area (Å²) in [5.41, 5.74) is 1.64. The van der Waals surface area contributed by atoms with Crippen molar-refractivity contribution in [2.45, 2.75) is 10.9 Å². The van der Waals surface area contributed by atoms with Crippen LogP contribution in [0.4, 0.5) is 0 Å². The van der Waals surface area contributed by atoms with Gasteiger partial charge in [0.15, 0.2) is 5.16 Å². The molecule has 0 amide bonds. The Morgan fingerprint density at radius 2 is 2.00 bits per heavy atom. The Kier molecular flexibility index (Phi) is 3.88. The molecule has 0 atom stereocenters. The van der Waals surface area contributed by atoms with Gasteiger partial charge in [-0.3, -0.25) is 0 Å². The fraction of sp³-hybridized carbons (Fsp3) is 0.182. The van der Waals surface area contributed by atoms with Crippen molar-refractivity contribution in [2.75, 3.05) is 0 Å². The van der Waals surface area contributed by atoms with Crippen LogP contribution in [0.2, 0.25) is 0 Å². The molecule has 1 aromatic heterocycles. The average molecular weight is 248 g/mol. The molecule has 2 aromatic rings. The molecular formula is C11H13BN2O2S. The summed E-state index contributed by atoms with van der Waals surface area (Å²) in [7, 11) is 0.562. The van der Waals surface area contributed by atoms with E-state index in [1.54, 1.807) is 30.1 Å². The van der Waals surface area contributed by atoms with Crippen molar-refractivity contribution in [1.82, 2.24) is 9.55 Å². The minimum Gasteiger partial charge on any atom is -0.423 e. The summed E-state index contributed by atoms with van der Waals surface area (Å²) in [6.07, 6.45) is 3.68. The zero-order valence-corrected chi connectivity index (χ0v) is 10.3. The minimum atomic E-state index is -1.40. The molecule has 17 heavy (non-hydrogen) atoms. The van der Waals surface area contributed by atoms with Gasteiger partial charge >= 0.3 is 7.12 Å². The third-order valence-corrected chi connectivity index (χ3v) is 3.55. The molecule has 2 N–H and O–H groups in total. The highest BCUT2D eigenvalue weighted by Gasteiger charge is 2.09. The number of aromatic nitrogens is 2. The second-order valence-electron chi connectivity index (χ2n) is 3.72. The highest BCUT2D eigenvalue weighted by molar-refractivity contribution is 7.98. The Bertz CT molecular complexity index is 484. The molecule has 1 aromatic carbocycles. The molecular weight excluding hydrogens is 235 g/mol. The first-order chi connectivity index (χ1) is 8.16. The molecule has 0 spiro atoms. The van der Waals surface area contributed by atoms with Crippen LogP contribution in [-0.2, 0) is 12.8 Å². The van der Waals surface area contributed by atoms with Gasteiger partial charge in [-0.15, -0.1) is 0 Å². The van der Waals surface area contributed by atoms with Crippen LogP contribution in [0.1, 0.15) is 5.56 Å². The summed E-state index contributed by atoms with van der Waals surface area (Å²) in [6.45, 7) is 0. The predicted octanol–water partition coefficient (Wildman–Crippen LogP) is 0.392. The topological polar surface area (TPSA) is 58.3 Å². The number of hydrogen-bond donors (Lipinski definition) is 2. The molecule has 6 heteroatoms. The number of thioether (sulfide) groups is 1. The van der Waals surface area contributed by atoms with Gasteiger partial charge in [0, 0.05) is 25.2 Å². The van der Waals surface area contributed by atoms with Crippen LogP contribution >= 0.6 is 11.8 Å². The molecule has 1 heterocycles. The maximum absolute atomic E-state index is 8.97. The Balaban J connectivity index is 1.98. The van der Waals surface area contributed by atoms with E-state index in [2.05, 4.69) is 4.98 Å². The first-order valence-electron chi connectivity index (χ1n) is 5.22. The fourth-order valence-electron chi connectivity index (χ4n) is 1.42. The summed E-state index contributed by atoms with van der Waals surface area (Å²) in [5.74, 6) is 0.812. The second-order valence-corrected chi connectivity index (χ2v) is 4.67. The van der Waals surface area contributed by atoms with Crippen molar-refractivity contribution in [2.24, 2.45) is 7.05 Å². The van der Waals surface area contributed by atoms with E-state index < -0.39 is 7.12 Å². The highest BCUT2D eigenvalue weighted by Crippen LogP contribution is 2.19. The highest BCUT2D eigenvalue weighted by atomic mass is 32.2. The molecule has 0 aliphatic rings. The van der Waals surface area contributed by atoms with Crippen molar-refractivity contribution in [1.29, 1.82) is 0 Å². The molecule has 0 saturated heterocycles. The molecule has 0 saturated carbocycles. The summed E-state index contributed by atoms with van der Waals surface area (Å²) in [5, 5.41) is 18.9. The van der Waals surface area contributed by atoms with Crippen molar-refractivity contribution in [3.63, 3.8) is 0 Å². The lowest BCUT2D eigenvalue weighted by atomic mass is 9.80. The molecule has 0 bridgehead atoms. The first kappa shape index (κ1) is 12.2. The Morgan fingerprint density at radius 1 is 1.29 bits per heavy atom. The normalized spacial score (nSPS) is 10.5. The lowest BCUT2D eigenvalue weighted by Crippen LogP contribution is -2.29. The van der Waals surface area contributed by atoms with E-state index in [9.17, 15) is 0 Å². The van der Waals surface area contributed by atoms with Crippen LogP contribution in [-0.4, -0.2) is 26.7 Å². The number of rotatable bonds is 4. The molecule has 4 nitrogen and oxygen atoms in total. The number of benzene rings is 1. The van der Waals surface area contributed by atoms with Gasteiger partial charge in [0.05, 0.1) is 0 Å². The summed E-state index contributed by atoms with van der Waals surface area (Å²) < 4.78 is 1.97. The zero-order valence-electron chi connectivity index (χ0n) is 9.45.